The zero-order valence-electron chi connectivity index (χ0n) is 23.6. The summed E-state index contributed by atoms with van der Waals surface area (Å²) in [6.07, 6.45) is 10.5. The molecule has 2 aliphatic rings. The smallest absolute Gasteiger partial charge is 0.257 e. The minimum Gasteiger partial charge on any atom is -0.371 e. The number of rotatable bonds is 8. The molecule has 212 valence electrons. The third kappa shape index (κ3) is 6.42. The normalized spacial score (nSPS) is 21.0. The van der Waals surface area contributed by atoms with Crippen LogP contribution < -0.4 is 16.0 Å². The monoisotopic (exact) mass is 550 g/mol. The summed E-state index contributed by atoms with van der Waals surface area (Å²) in [6.45, 7) is 4.02. The summed E-state index contributed by atoms with van der Waals surface area (Å²) in [5.74, 6) is 3.00. The Kier molecular flexibility index (Phi) is 7.98. The van der Waals surface area contributed by atoms with E-state index in [9.17, 15) is 4.79 Å². The van der Waals surface area contributed by atoms with Crippen LogP contribution in [0.2, 0.25) is 0 Å². The summed E-state index contributed by atoms with van der Waals surface area (Å²) in [5, 5.41) is 7.71. The van der Waals surface area contributed by atoms with Gasteiger partial charge in [-0.2, -0.15) is 4.98 Å². The predicted octanol–water partition coefficient (Wildman–Crippen LogP) is 6.48. The lowest BCUT2D eigenvalue weighted by Gasteiger charge is -2.39. The number of benzene rings is 2. The number of aryl methyl sites for hydroxylation is 1. The molecule has 6 rings (SSSR count). The molecule has 2 aromatic carbocycles. The summed E-state index contributed by atoms with van der Waals surface area (Å²) >= 11 is 0. The molecular weight excluding hydrogens is 512 g/mol. The largest absolute Gasteiger partial charge is 0.371 e. The van der Waals surface area contributed by atoms with E-state index in [2.05, 4.69) is 55.7 Å². The fraction of sp³-hybridized carbons (Fsp3) is 0.394. The summed E-state index contributed by atoms with van der Waals surface area (Å²) in [5.41, 5.74) is 10.2. The Labute approximate surface area is 241 Å². The Hall–Kier alpha value is -4.20. The van der Waals surface area contributed by atoms with E-state index in [-0.39, 0.29) is 0 Å². The van der Waals surface area contributed by atoms with Crippen molar-refractivity contribution in [1.82, 2.24) is 15.1 Å². The third-order valence-electron chi connectivity index (χ3n) is 8.64. The first kappa shape index (κ1) is 27.0. The molecule has 1 aliphatic heterocycles. The topological polar surface area (TPSA) is 110 Å². The van der Waals surface area contributed by atoms with E-state index >= 15 is 0 Å². The van der Waals surface area contributed by atoms with Crippen LogP contribution in [-0.2, 0) is 0 Å². The number of nitrogens with two attached hydrogens (primary N) is 1. The van der Waals surface area contributed by atoms with Gasteiger partial charge in [0.05, 0.1) is 0 Å². The van der Waals surface area contributed by atoms with Crippen LogP contribution in [-0.4, -0.2) is 40.2 Å². The molecule has 8 heteroatoms. The molecule has 1 amide bonds. The van der Waals surface area contributed by atoms with E-state index in [1.807, 2.05) is 37.4 Å². The standard InChI is InChI=1S/C33H38N6O2/c1-22-36-33(41-38-22)24-11-13-29(14-12-24)39-17-5-6-23(21-39)18-27-7-2-3-10-30(27)37-31-20-26(15-16-35-31)25-8-4-9-28(19-25)32(34)40/h4,8-9,11-16,19-20,23,27,30H,2-3,5-7,10,17-18,21H2,1H3,(H2,34,40)(H,35,37)/t23-,27+,30-/m1/s1. The van der Waals surface area contributed by atoms with Crippen LogP contribution in [0.4, 0.5) is 11.5 Å². The number of carbonyl (C=O) groups is 1. The Balaban J connectivity index is 1.10. The summed E-state index contributed by atoms with van der Waals surface area (Å²) in [4.78, 5) is 23.2. The van der Waals surface area contributed by atoms with Gasteiger partial charge in [-0.25, -0.2) is 4.98 Å². The van der Waals surface area contributed by atoms with Gasteiger partial charge in [0.15, 0.2) is 5.82 Å². The van der Waals surface area contributed by atoms with Gasteiger partial charge in [0, 0.05) is 42.1 Å². The highest BCUT2D eigenvalue weighted by atomic mass is 16.5. The first-order chi connectivity index (χ1) is 20.0. The highest BCUT2D eigenvalue weighted by Crippen LogP contribution is 2.36. The maximum atomic E-state index is 11.7. The molecule has 3 atom stereocenters. The Bertz CT molecular complexity index is 1480. The molecule has 0 spiro atoms. The molecule has 41 heavy (non-hydrogen) atoms. The van der Waals surface area contributed by atoms with Crippen LogP contribution >= 0.6 is 0 Å². The van der Waals surface area contributed by atoms with Gasteiger partial charge in [-0.3, -0.25) is 4.79 Å². The first-order valence-corrected chi connectivity index (χ1v) is 14.8. The van der Waals surface area contributed by atoms with Crippen LogP contribution in [0.3, 0.4) is 0 Å². The van der Waals surface area contributed by atoms with Gasteiger partial charge in [-0.05, 0) is 111 Å². The van der Waals surface area contributed by atoms with Crippen LogP contribution in [0.25, 0.3) is 22.6 Å². The fourth-order valence-corrected chi connectivity index (χ4v) is 6.56. The van der Waals surface area contributed by atoms with Gasteiger partial charge < -0.3 is 20.5 Å². The minimum atomic E-state index is -0.415. The number of piperidine rings is 1. The quantitative estimate of drug-likeness (QED) is 0.258. The number of anilines is 2. The zero-order valence-corrected chi connectivity index (χ0v) is 23.6. The van der Waals surface area contributed by atoms with Crippen LogP contribution in [0.5, 0.6) is 0 Å². The van der Waals surface area contributed by atoms with E-state index in [4.69, 9.17) is 10.3 Å². The van der Waals surface area contributed by atoms with Crippen LogP contribution in [0, 0.1) is 18.8 Å². The lowest BCUT2D eigenvalue weighted by molar-refractivity contribution is 0.100. The fourth-order valence-electron chi connectivity index (χ4n) is 6.56. The molecule has 8 nitrogen and oxygen atoms in total. The molecule has 4 aromatic rings. The van der Waals surface area contributed by atoms with Crippen molar-refractivity contribution in [2.24, 2.45) is 17.6 Å². The van der Waals surface area contributed by atoms with E-state index < -0.39 is 5.91 Å². The molecule has 0 bridgehead atoms. The Morgan fingerprint density at radius 2 is 1.83 bits per heavy atom. The molecule has 1 saturated carbocycles. The van der Waals surface area contributed by atoms with E-state index in [1.165, 1.54) is 50.6 Å². The molecule has 3 N–H and O–H groups in total. The van der Waals surface area contributed by atoms with Gasteiger partial charge >= 0.3 is 0 Å². The van der Waals surface area contributed by atoms with Crippen molar-refractivity contribution in [2.75, 3.05) is 23.3 Å². The molecular formula is C33H38N6O2. The van der Waals surface area contributed by atoms with Crippen molar-refractivity contribution < 1.29 is 9.32 Å². The second kappa shape index (κ2) is 12.1. The van der Waals surface area contributed by atoms with Gasteiger partial charge in [0.1, 0.15) is 5.82 Å². The van der Waals surface area contributed by atoms with Crippen molar-refractivity contribution in [3.05, 3.63) is 78.2 Å². The van der Waals surface area contributed by atoms with Crippen molar-refractivity contribution in [1.29, 1.82) is 0 Å². The summed E-state index contributed by atoms with van der Waals surface area (Å²) in [7, 11) is 0. The number of hydrogen-bond donors (Lipinski definition) is 2. The lowest BCUT2D eigenvalue weighted by atomic mass is 9.77. The second-order valence-corrected chi connectivity index (χ2v) is 11.6. The number of nitrogens with zero attached hydrogens (tertiary/aromatic N) is 4. The molecule has 1 aliphatic carbocycles. The Morgan fingerprint density at radius 3 is 2.63 bits per heavy atom. The van der Waals surface area contributed by atoms with Gasteiger partial charge in [0.2, 0.25) is 5.91 Å². The highest BCUT2D eigenvalue weighted by Gasteiger charge is 2.30. The number of carbonyl (C=O) groups excluding carboxylic acids is 1. The highest BCUT2D eigenvalue weighted by molar-refractivity contribution is 5.94. The maximum absolute atomic E-state index is 11.7. The van der Waals surface area contributed by atoms with E-state index in [0.717, 1.165) is 35.6 Å². The third-order valence-corrected chi connectivity index (χ3v) is 8.64. The predicted molar refractivity (Wildman–Crippen MR) is 162 cm³/mol. The van der Waals surface area contributed by atoms with Crippen molar-refractivity contribution >= 4 is 17.4 Å². The lowest BCUT2D eigenvalue weighted by Crippen LogP contribution is -2.39. The number of hydrogen-bond acceptors (Lipinski definition) is 7. The molecule has 2 fully saturated rings. The molecule has 0 radical (unpaired) electrons. The SMILES string of the molecule is Cc1noc(-c2ccc(N3CCC[C@H](C[C@@H]4CCCC[C@H]4Nc4cc(-c5cccc(C(N)=O)c5)ccn4)C3)cc2)n1. The number of nitrogens with one attached hydrogen (secondary N) is 1. The zero-order chi connectivity index (χ0) is 28.2. The van der Waals surface area contributed by atoms with Gasteiger partial charge in [-0.15, -0.1) is 0 Å². The maximum Gasteiger partial charge on any atom is 0.257 e. The van der Waals surface area contributed by atoms with Crippen molar-refractivity contribution in [3.63, 3.8) is 0 Å². The number of amides is 1. The number of primary amides is 1. The second-order valence-electron chi connectivity index (χ2n) is 11.6. The summed E-state index contributed by atoms with van der Waals surface area (Å²) in [6, 6.07) is 20.5. The number of aromatic nitrogens is 3. The summed E-state index contributed by atoms with van der Waals surface area (Å²) < 4.78 is 5.33. The van der Waals surface area contributed by atoms with Crippen molar-refractivity contribution in [3.8, 4) is 22.6 Å². The van der Waals surface area contributed by atoms with E-state index in [1.54, 1.807) is 6.07 Å². The van der Waals surface area contributed by atoms with E-state index in [0.29, 0.717) is 35.2 Å². The molecule has 0 unspecified atom stereocenters. The van der Waals surface area contributed by atoms with Crippen LogP contribution in [0.15, 0.2) is 71.4 Å². The number of pyridine rings is 1. The average Bonchev–Trinajstić information content (AvgIpc) is 3.45. The van der Waals surface area contributed by atoms with Crippen molar-refractivity contribution in [2.45, 2.75) is 57.9 Å². The average molecular weight is 551 g/mol. The van der Waals surface area contributed by atoms with Gasteiger partial charge in [0.25, 0.3) is 5.89 Å². The van der Waals surface area contributed by atoms with Gasteiger partial charge in [-0.1, -0.05) is 30.1 Å². The first-order valence-electron chi connectivity index (χ1n) is 14.8. The van der Waals surface area contributed by atoms with Crippen LogP contribution in [0.1, 0.15) is 61.1 Å². The molecule has 3 heterocycles. The molecule has 2 aromatic heterocycles. The Morgan fingerprint density at radius 1 is 1.00 bits per heavy atom. The minimum absolute atomic E-state index is 0.413. The molecule has 1 saturated heterocycles.